The van der Waals surface area contributed by atoms with E-state index in [9.17, 15) is 18.7 Å². The van der Waals surface area contributed by atoms with Crippen molar-refractivity contribution >= 4 is 5.97 Å². The van der Waals surface area contributed by atoms with Crippen LogP contribution in [0.4, 0.5) is 8.78 Å². The predicted octanol–water partition coefficient (Wildman–Crippen LogP) is 0.625. The second-order valence-corrected chi connectivity index (χ2v) is 3.01. The van der Waals surface area contributed by atoms with Gasteiger partial charge in [0.2, 0.25) is 0 Å². The number of halogens is 2. The van der Waals surface area contributed by atoms with Gasteiger partial charge in [-0.2, -0.15) is 0 Å². The molecule has 0 radical (unpaired) electrons. The molecule has 1 rings (SSSR count). The van der Waals surface area contributed by atoms with E-state index in [1.807, 2.05) is 0 Å². The van der Waals surface area contributed by atoms with Crippen molar-refractivity contribution in [3.8, 4) is 5.75 Å². The monoisotopic (exact) mass is 217 g/mol. The fraction of sp³-hybridized carbons (Fsp3) is 0.222. The van der Waals surface area contributed by atoms with Crippen molar-refractivity contribution in [1.82, 2.24) is 0 Å². The molecule has 0 fully saturated rings. The molecule has 0 saturated heterocycles. The minimum absolute atomic E-state index is 0.426. The molecule has 0 saturated carbocycles. The first-order valence-electron chi connectivity index (χ1n) is 4.07. The molecule has 1 aromatic rings. The molecule has 0 bridgehead atoms. The van der Waals surface area contributed by atoms with Gasteiger partial charge in [0.25, 0.3) is 0 Å². The molecular formula is C9H9F2NO3. The van der Waals surface area contributed by atoms with E-state index in [0.717, 1.165) is 12.1 Å². The highest BCUT2D eigenvalue weighted by Gasteiger charge is 2.19. The lowest BCUT2D eigenvalue weighted by atomic mass is 10.0. The molecule has 4 N–H and O–H groups in total. The van der Waals surface area contributed by atoms with E-state index in [4.69, 9.17) is 10.8 Å². The number of benzene rings is 1. The van der Waals surface area contributed by atoms with Crippen LogP contribution in [0.5, 0.6) is 5.75 Å². The number of hydrogen-bond donors (Lipinski definition) is 3. The summed E-state index contributed by atoms with van der Waals surface area (Å²) in [5.74, 6) is -4.28. The smallest absolute Gasteiger partial charge is 0.320 e. The summed E-state index contributed by atoms with van der Waals surface area (Å²) < 4.78 is 25.8. The highest BCUT2D eigenvalue weighted by Crippen LogP contribution is 2.23. The van der Waals surface area contributed by atoms with Gasteiger partial charge < -0.3 is 15.9 Å². The Balaban J connectivity index is 3.03. The van der Waals surface area contributed by atoms with Gasteiger partial charge in [-0.15, -0.1) is 0 Å². The minimum atomic E-state index is -1.38. The van der Waals surface area contributed by atoms with Crippen LogP contribution in [0.2, 0.25) is 0 Å². The normalized spacial score (nSPS) is 12.5. The van der Waals surface area contributed by atoms with Crippen LogP contribution in [0, 0.1) is 11.6 Å². The van der Waals surface area contributed by atoms with E-state index in [2.05, 4.69) is 0 Å². The van der Waals surface area contributed by atoms with Gasteiger partial charge in [-0.25, -0.2) is 8.78 Å². The van der Waals surface area contributed by atoms with E-state index < -0.39 is 41.4 Å². The third-order valence-electron chi connectivity index (χ3n) is 1.91. The molecule has 0 heterocycles. The zero-order chi connectivity index (χ0) is 11.6. The van der Waals surface area contributed by atoms with E-state index in [0.29, 0.717) is 0 Å². The lowest BCUT2D eigenvalue weighted by Crippen LogP contribution is -2.32. The zero-order valence-electron chi connectivity index (χ0n) is 7.58. The Morgan fingerprint density at radius 1 is 1.47 bits per heavy atom. The lowest BCUT2D eigenvalue weighted by molar-refractivity contribution is -0.138. The molecule has 6 heteroatoms. The summed E-state index contributed by atoms with van der Waals surface area (Å²) in [6.45, 7) is 0. The van der Waals surface area contributed by atoms with Crippen LogP contribution in [-0.4, -0.2) is 22.2 Å². The van der Waals surface area contributed by atoms with E-state index in [1.165, 1.54) is 0 Å². The first-order valence-corrected chi connectivity index (χ1v) is 4.07. The van der Waals surface area contributed by atoms with Crippen LogP contribution in [0.3, 0.4) is 0 Å². The first kappa shape index (κ1) is 11.4. The predicted molar refractivity (Wildman–Crippen MR) is 47.3 cm³/mol. The van der Waals surface area contributed by atoms with Gasteiger partial charge in [-0.1, -0.05) is 0 Å². The Labute approximate surface area is 83.9 Å². The zero-order valence-corrected chi connectivity index (χ0v) is 7.58. The van der Waals surface area contributed by atoms with Gasteiger partial charge in [0, 0.05) is 12.0 Å². The number of aliphatic carboxylic acids is 1. The molecule has 1 unspecified atom stereocenters. The van der Waals surface area contributed by atoms with E-state index >= 15 is 0 Å². The largest absolute Gasteiger partial charge is 0.508 e. The summed E-state index contributed by atoms with van der Waals surface area (Å²) in [5.41, 5.74) is 4.71. The molecule has 0 aliphatic carbocycles. The van der Waals surface area contributed by atoms with Gasteiger partial charge in [0.05, 0.1) is 0 Å². The van der Waals surface area contributed by atoms with Gasteiger partial charge in [-0.05, 0) is 12.1 Å². The molecule has 0 spiro atoms. The standard InChI is InChI=1S/C9H9F2NO3/c10-5-1-2-7(13)4(8(5)11)3-6(12)9(14)15/h1-2,6,13H,3,12H2,(H,14,15). The Bertz CT molecular complexity index is 395. The van der Waals surface area contributed by atoms with Crippen LogP contribution in [0.15, 0.2) is 12.1 Å². The van der Waals surface area contributed by atoms with Crippen molar-refractivity contribution in [2.45, 2.75) is 12.5 Å². The maximum atomic E-state index is 13.1. The van der Waals surface area contributed by atoms with Gasteiger partial charge in [-0.3, -0.25) is 4.79 Å². The van der Waals surface area contributed by atoms with Crippen LogP contribution >= 0.6 is 0 Å². The molecule has 82 valence electrons. The van der Waals surface area contributed by atoms with Crippen LogP contribution in [0.1, 0.15) is 5.56 Å². The Kier molecular flexibility index (Phi) is 3.21. The molecule has 15 heavy (non-hydrogen) atoms. The van der Waals surface area contributed by atoms with Crippen molar-refractivity contribution in [3.05, 3.63) is 29.3 Å². The Morgan fingerprint density at radius 3 is 2.60 bits per heavy atom. The number of carboxylic acids is 1. The number of phenols is 1. The number of aromatic hydroxyl groups is 1. The fourth-order valence-corrected chi connectivity index (χ4v) is 1.08. The first-order chi connectivity index (χ1) is 6.93. The molecule has 0 aromatic heterocycles. The lowest BCUT2D eigenvalue weighted by Gasteiger charge is -2.09. The van der Waals surface area contributed by atoms with Crippen LogP contribution < -0.4 is 5.73 Å². The van der Waals surface area contributed by atoms with Crippen LogP contribution in [-0.2, 0) is 11.2 Å². The SMILES string of the molecule is NC(Cc1c(O)ccc(F)c1F)C(=O)O. The molecular weight excluding hydrogens is 208 g/mol. The second-order valence-electron chi connectivity index (χ2n) is 3.01. The van der Waals surface area contributed by atoms with Crippen molar-refractivity contribution in [2.24, 2.45) is 5.73 Å². The molecule has 0 amide bonds. The fourth-order valence-electron chi connectivity index (χ4n) is 1.08. The van der Waals surface area contributed by atoms with Crippen molar-refractivity contribution < 1.29 is 23.8 Å². The summed E-state index contributed by atoms with van der Waals surface area (Å²) in [7, 11) is 0. The van der Waals surface area contributed by atoms with Crippen LogP contribution in [0.25, 0.3) is 0 Å². The van der Waals surface area contributed by atoms with E-state index in [-0.39, 0.29) is 0 Å². The quantitative estimate of drug-likeness (QED) is 0.693. The summed E-state index contributed by atoms with van der Waals surface area (Å²) in [4.78, 5) is 10.4. The maximum Gasteiger partial charge on any atom is 0.320 e. The van der Waals surface area contributed by atoms with E-state index in [1.54, 1.807) is 0 Å². The average molecular weight is 217 g/mol. The molecule has 4 nitrogen and oxygen atoms in total. The highest BCUT2D eigenvalue weighted by atomic mass is 19.2. The molecule has 0 aliphatic rings. The third-order valence-corrected chi connectivity index (χ3v) is 1.91. The van der Waals surface area contributed by atoms with Crippen molar-refractivity contribution in [3.63, 3.8) is 0 Å². The Morgan fingerprint density at radius 2 is 2.07 bits per heavy atom. The van der Waals surface area contributed by atoms with Gasteiger partial charge in [0.1, 0.15) is 11.8 Å². The number of carboxylic acid groups (broad SMARTS) is 1. The maximum absolute atomic E-state index is 13.1. The molecule has 1 aromatic carbocycles. The van der Waals surface area contributed by atoms with Crippen molar-refractivity contribution in [1.29, 1.82) is 0 Å². The van der Waals surface area contributed by atoms with Gasteiger partial charge in [0.15, 0.2) is 11.6 Å². The second kappa shape index (κ2) is 4.22. The summed E-state index contributed by atoms with van der Waals surface area (Å²) in [6, 6.07) is 0.315. The number of nitrogens with two attached hydrogens (primary N) is 1. The number of hydrogen-bond acceptors (Lipinski definition) is 3. The molecule has 1 atom stereocenters. The van der Waals surface area contributed by atoms with Gasteiger partial charge >= 0.3 is 5.97 Å². The summed E-state index contributed by atoms with van der Waals surface area (Å²) in [5, 5.41) is 17.7. The summed E-state index contributed by atoms with van der Waals surface area (Å²) >= 11 is 0. The number of carbonyl (C=O) groups is 1. The number of rotatable bonds is 3. The highest BCUT2D eigenvalue weighted by molar-refractivity contribution is 5.73. The minimum Gasteiger partial charge on any atom is -0.508 e. The third kappa shape index (κ3) is 2.41. The Hall–Kier alpha value is -1.69. The van der Waals surface area contributed by atoms with Crippen molar-refractivity contribution in [2.75, 3.05) is 0 Å². The topological polar surface area (TPSA) is 83.5 Å². The average Bonchev–Trinajstić information content (AvgIpc) is 2.18. The number of phenolic OH excluding ortho intramolecular Hbond substituents is 1. The molecule has 0 aliphatic heterocycles. The summed E-state index contributed by atoms with van der Waals surface area (Å²) in [6.07, 6.45) is -0.468.